The van der Waals surface area contributed by atoms with E-state index in [0.717, 1.165) is 23.0 Å². The Bertz CT molecular complexity index is 733. The molecule has 3 heterocycles. The molecule has 0 aliphatic carbocycles. The maximum Gasteiger partial charge on any atom is 0.255 e. The molecule has 24 heavy (non-hydrogen) atoms. The van der Waals surface area contributed by atoms with Gasteiger partial charge in [0.05, 0.1) is 11.8 Å². The number of aliphatic hydroxyl groups is 3. The minimum absolute atomic E-state index is 0.121. The number of pyridine rings is 2. The second kappa shape index (κ2) is 7.02. The van der Waals surface area contributed by atoms with Crippen LogP contribution < -0.4 is 4.74 Å². The van der Waals surface area contributed by atoms with Gasteiger partial charge < -0.3 is 20.1 Å². The van der Waals surface area contributed by atoms with Crippen molar-refractivity contribution in [3.8, 4) is 17.0 Å². The Balaban J connectivity index is 1.78. The van der Waals surface area contributed by atoms with Crippen LogP contribution >= 0.6 is 11.8 Å². The minimum atomic E-state index is -1.33. The molecule has 0 aromatic carbocycles. The molecule has 1 aliphatic rings. The van der Waals surface area contributed by atoms with Crippen LogP contribution in [0.5, 0.6) is 5.75 Å². The Morgan fingerprint density at radius 3 is 2.71 bits per heavy atom. The summed E-state index contributed by atoms with van der Waals surface area (Å²) in [5.41, 5.74) is 1.09. The van der Waals surface area contributed by atoms with E-state index in [1.54, 1.807) is 24.4 Å². The number of aliphatic hydroxyl groups excluding tert-OH is 3. The van der Waals surface area contributed by atoms with Crippen molar-refractivity contribution >= 4 is 11.8 Å². The van der Waals surface area contributed by atoms with E-state index in [9.17, 15) is 19.7 Å². The Morgan fingerprint density at radius 2 is 2.00 bits per heavy atom. The normalized spacial score (nSPS) is 27.0. The smallest absolute Gasteiger partial charge is 0.255 e. The summed E-state index contributed by atoms with van der Waals surface area (Å²) in [5.74, 6) is -0.744. The average molecular weight is 352 g/mol. The van der Waals surface area contributed by atoms with Crippen LogP contribution in [-0.2, 0) is 0 Å². The maximum atomic E-state index is 14.2. The van der Waals surface area contributed by atoms with Gasteiger partial charge in [-0.1, -0.05) is 0 Å². The lowest BCUT2D eigenvalue weighted by molar-refractivity contribution is -0.0790. The number of halogens is 1. The van der Waals surface area contributed by atoms with Crippen LogP contribution in [0.4, 0.5) is 4.39 Å². The maximum absolute atomic E-state index is 14.2. The molecule has 0 bridgehead atoms. The van der Waals surface area contributed by atoms with Gasteiger partial charge >= 0.3 is 0 Å². The van der Waals surface area contributed by atoms with E-state index in [2.05, 4.69) is 9.97 Å². The lowest BCUT2D eigenvalue weighted by Crippen LogP contribution is -2.50. The summed E-state index contributed by atoms with van der Waals surface area (Å²) in [7, 11) is 0. The molecule has 8 heteroatoms. The van der Waals surface area contributed by atoms with Gasteiger partial charge in [-0.2, -0.15) is 4.39 Å². The lowest BCUT2D eigenvalue weighted by atomic mass is 10.1. The van der Waals surface area contributed by atoms with Crippen LogP contribution in [0.2, 0.25) is 0 Å². The molecule has 1 saturated heterocycles. The van der Waals surface area contributed by atoms with Gasteiger partial charge in [0.15, 0.2) is 11.2 Å². The molecule has 1 aliphatic heterocycles. The molecular weight excluding hydrogens is 335 g/mol. The molecular formula is C16H17FN2O4S. The fourth-order valence-electron chi connectivity index (χ4n) is 2.38. The third-order valence-corrected chi connectivity index (χ3v) is 4.94. The zero-order valence-electron chi connectivity index (χ0n) is 12.8. The summed E-state index contributed by atoms with van der Waals surface area (Å²) in [5, 5.41) is 29.1. The second-order valence-electron chi connectivity index (χ2n) is 5.54. The van der Waals surface area contributed by atoms with Gasteiger partial charge in [-0.05, 0) is 31.2 Å². The fraction of sp³-hybridized carbons (Fsp3) is 0.375. The zero-order chi connectivity index (χ0) is 17.3. The summed E-state index contributed by atoms with van der Waals surface area (Å²) in [4.78, 5) is 7.97. The van der Waals surface area contributed by atoms with Gasteiger partial charge in [-0.3, -0.25) is 4.98 Å². The Kier molecular flexibility index (Phi) is 5.00. The van der Waals surface area contributed by atoms with Crippen molar-refractivity contribution in [3.05, 3.63) is 42.1 Å². The van der Waals surface area contributed by atoms with E-state index in [-0.39, 0.29) is 11.5 Å². The van der Waals surface area contributed by atoms with E-state index in [4.69, 9.17) is 4.74 Å². The number of hydrogen-bond acceptors (Lipinski definition) is 7. The molecule has 2 aromatic heterocycles. The molecule has 0 unspecified atom stereocenters. The summed E-state index contributed by atoms with van der Waals surface area (Å²) >= 11 is 1.10. The molecule has 1 fully saturated rings. The SMILES string of the molecule is Cc1cc(-c2ccc(O[C@H]3SC[C@@H](O)[C@H](O)[C@H]3O)c(F)n2)ccn1. The van der Waals surface area contributed by atoms with Crippen LogP contribution in [0, 0.1) is 12.9 Å². The van der Waals surface area contributed by atoms with Gasteiger partial charge in [-0.15, -0.1) is 11.8 Å². The van der Waals surface area contributed by atoms with Gasteiger partial charge in [0.25, 0.3) is 5.95 Å². The van der Waals surface area contributed by atoms with Crippen LogP contribution in [-0.4, -0.2) is 54.8 Å². The fourth-order valence-corrected chi connectivity index (χ4v) is 3.50. The monoisotopic (exact) mass is 352 g/mol. The van der Waals surface area contributed by atoms with E-state index in [1.165, 1.54) is 6.07 Å². The Hall–Kier alpha value is -1.74. The summed E-state index contributed by atoms with van der Waals surface area (Å²) < 4.78 is 19.7. The van der Waals surface area contributed by atoms with Crippen molar-refractivity contribution in [2.24, 2.45) is 0 Å². The predicted molar refractivity (Wildman–Crippen MR) is 87.1 cm³/mol. The summed E-state index contributed by atoms with van der Waals surface area (Å²) in [6, 6.07) is 6.56. The lowest BCUT2D eigenvalue weighted by Gasteiger charge is -2.34. The minimum Gasteiger partial charge on any atom is -0.472 e. The summed E-state index contributed by atoms with van der Waals surface area (Å²) in [6.07, 6.45) is -2.06. The molecule has 0 saturated carbocycles. The Labute approximate surface area is 142 Å². The van der Waals surface area contributed by atoms with Crippen molar-refractivity contribution in [1.82, 2.24) is 9.97 Å². The molecule has 0 radical (unpaired) electrons. The average Bonchev–Trinajstić information content (AvgIpc) is 2.57. The van der Waals surface area contributed by atoms with Crippen molar-refractivity contribution in [1.29, 1.82) is 0 Å². The highest BCUT2D eigenvalue weighted by atomic mass is 32.2. The third-order valence-electron chi connectivity index (χ3n) is 3.70. The van der Waals surface area contributed by atoms with E-state index < -0.39 is 29.7 Å². The van der Waals surface area contributed by atoms with Gasteiger partial charge in [-0.25, -0.2) is 4.98 Å². The zero-order valence-corrected chi connectivity index (χ0v) is 13.7. The van der Waals surface area contributed by atoms with Crippen molar-refractivity contribution in [3.63, 3.8) is 0 Å². The highest BCUT2D eigenvalue weighted by Crippen LogP contribution is 2.31. The standard InChI is InChI=1S/C16H17FN2O4S/c1-8-6-9(4-5-18-8)10-2-3-12(15(17)19-10)23-16-14(22)13(21)11(20)7-24-16/h2-6,11,13-14,16,20-22H,7H2,1H3/t11-,13+,14-,16+/m1/s1. The molecule has 2 aromatic rings. The number of aromatic nitrogens is 2. The first-order chi connectivity index (χ1) is 11.5. The van der Waals surface area contributed by atoms with Gasteiger partial charge in [0, 0.05) is 23.2 Å². The molecule has 0 amide bonds. The second-order valence-corrected chi connectivity index (χ2v) is 6.67. The number of hydrogen-bond donors (Lipinski definition) is 3. The van der Waals surface area contributed by atoms with Crippen LogP contribution in [0.1, 0.15) is 5.69 Å². The van der Waals surface area contributed by atoms with Crippen LogP contribution in [0.15, 0.2) is 30.5 Å². The number of aryl methyl sites for hydroxylation is 1. The van der Waals surface area contributed by atoms with Crippen LogP contribution in [0.3, 0.4) is 0 Å². The number of thioether (sulfide) groups is 1. The van der Waals surface area contributed by atoms with Gasteiger partial charge in [0.2, 0.25) is 0 Å². The van der Waals surface area contributed by atoms with E-state index >= 15 is 0 Å². The van der Waals surface area contributed by atoms with Gasteiger partial charge in [0.1, 0.15) is 12.2 Å². The third kappa shape index (κ3) is 3.51. The number of ether oxygens (including phenoxy) is 1. The summed E-state index contributed by atoms with van der Waals surface area (Å²) in [6.45, 7) is 1.83. The van der Waals surface area contributed by atoms with E-state index in [1.807, 2.05) is 6.92 Å². The topological polar surface area (TPSA) is 95.7 Å². The molecule has 6 nitrogen and oxygen atoms in total. The predicted octanol–water partition coefficient (Wildman–Crippen LogP) is 1.13. The number of rotatable bonds is 3. The first kappa shape index (κ1) is 17.1. The van der Waals surface area contributed by atoms with Crippen LogP contribution in [0.25, 0.3) is 11.3 Å². The quantitative estimate of drug-likeness (QED) is 0.713. The van der Waals surface area contributed by atoms with Crippen molar-refractivity contribution < 1.29 is 24.4 Å². The highest BCUT2D eigenvalue weighted by Gasteiger charge is 2.38. The van der Waals surface area contributed by atoms with Crippen molar-refractivity contribution in [2.75, 3.05) is 5.75 Å². The first-order valence-electron chi connectivity index (χ1n) is 7.38. The number of nitrogens with zero attached hydrogens (tertiary/aromatic N) is 2. The molecule has 3 N–H and O–H groups in total. The molecule has 3 rings (SSSR count). The molecule has 4 atom stereocenters. The Morgan fingerprint density at radius 1 is 1.21 bits per heavy atom. The molecule has 0 spiro atoms. The van der Waals surface area contributed by atoms with Crippen molar-refractivity contribution in [2.45, 2.75) is 30.7 Å². The first-order valence-corrected chi connectivity index (χ1v) is 8.42. The van der Waals surface area contributed by atoms with E-state index in [0.29, 0.717) is 5.69 Å². The molecule has 128 valence electrons. The highest BCUT2D eigenvalue weighted by molar-refractivity contribution is 7.99. The largest absolute Gasteiger partial charge is 0.472 e.